The van der Waals surface area contributed by atoms with Crippen LogP contribution in [0.2, 0.25) is 10.0 Å². The Hall–Kier alpha value is -1.84. The molecule has 3 rings (SSSR count). The number of carbonyl (C=O) groups is 1. The van der Waals surface area contributed by atoms with Crippen molar-refractivity contribution in [1.82, 2.24) is 4.57 Å². The normalized spacial score (nSPS) is 12.1. The molecule has 3 nitrogen and oxygen atoms in total. The molecule has 0 aliphatic heterocycles. The van der Waals surface area contributed by atoms with E-state index in [2.05, 4.69) is 10.9 Å². The van der Waals surface area contributed by atoms with Crippen LogP contribution in [0.3, 0.4) is 0 Å². The topological polar surface area (TPSA) is 34.4 Å². The van der Waals surface area contributed by atoms with Gasteiger partial charge in [-0.1, -0.05) is 46.5 Å². The number of nitrogens with zero attached hydrogens (tertiary/aromatic N) is 2. The van der Waals surface area contributed by atoms with Crippen molar-refractivity contribution in [3.8, 4) is 12.3 Å². The maximum atomic E-state index is 12.1. The lowest BCUT2D eigenvalue weighted by atomic mass is 10.3. The Morgan fingerprint density at radius 3 is 2.96 bits per heavy atom. The molecular weight excluding hydrogens is 383 g/mol. The van der Waals surface area contributed by atoms with Gasteiger partial charge in [0.2, 0.25) is 0 Å². The van der Waals surface area contributed by atoms with Crippen molar-refractivity contribution in [3.05, 3.63) is 55.4 Å². The highest BCUT2D eigenvalue weighted by Crippen LogP contribution is 2.29. The first kappa shape index (κ1) is 17.0. The number of aromatic nitrogens is 1. The lowest BCUT2D eigenvalue weighted by molar-refractivity contribution is -0.113. The average molecular weight is 393 g/mol. The molecule has 0 unspecified atom stereocenters. The van der Waals surface area contributed by atoms with Gasteiger partial charge in [-0.05, 0) is 29.7 Å². The molecule has 0 spiro atoms. The van der Waals surface area contributed by atoms with Crippen LogP contribution in [-0.4, -0.2) is 10.5 Å². The first-order chi connectivity index (χ1) is 11.6. The van der Waals surface area contributed by atoms with E-state index in [0.29, 0.717) is 14.8 Å². The minimum Gasteiger partial charge on any atom is -0.303 e. The minimum absolute atomic E-state index is 0.266. The van der Waals surface area contributed by atoms with Crippen LogP contribution in [0, 0.1) is 12.3 Å². The molecule has 0 fully saturated rings. The molecule has 1 amide bonds. The fourth-order valence-corrected chi connectivity index (χ4v) is 4.56. The fourth-order valence-electron chi connectivity index (χ4n) is 2.12. The molecule has 0 saturated heterocycles. The van der Waals surface area contributed by atoms with E-state index < -0.39 is 0 Å². The minimum atomic E-state index is -0.358. The zero-order valence-electron chi connectivity index (χ0n) is 12.2. The zero-order chi connectivity index (χ0) is 17.1. The number of halogens is 2. The highest BCUT2D eigenvalue weighted by atomic mass is 35.5. The van der Waals surface area contributed by atoms with E-state index in [-0.39, 0.29) is 12.5 Å². The molecule has 0 radical (unpaired) electrons. The number of fused-ring (bicyclic) bond motifs is 1. The van der Waals surface area contributed by atoms with Crippen molar-refractivity contribution in [3.63, 3.8) is 0 Å². The predicted molar refractivity (Wildman–Crippen MR) is 103 cm³/mol. The summed E-state index contributed by atoms with van der Waals surface area (Å²) in [5.41, 5.74) is 0.734. The summed E-state index contributed by atoms with van der Waals surface area (Å²) in [6.45, 7) is 0.266. The van der Waals surface area contributed by atoms with Gasteiger partial charge in [0, 0.05) is 16.0 Å². The fraction of sp³-hybridized carbons (Fsp3) is 0.0588. The van der Waals surface area contributed by atoms with Gasteiger partial charge in [-0.25, -0.2) is 0 Å². The van der Waals surface area contributed by atoms with Crippen molar-refractivity contribution in [1.29, 1.82) is 0 Å². The monoisotopic (exact) mass is 392 g/mol. The van der Waals surface area contributed by atoms with E-state index in [1.54, 1.807) is 34.1 Å². The molecule has 1 aromatic carbocycles. The molecule has 0 N–H and O–H groups in total. The summed E-state index contributed by atoms with van der Waals surface area (Å²) < 4.78 is 2.58. The van der Waals surface area contributed by atoms with Crippen LogP contribution in [-0.2, 0) is 11.3 Å². The van der Waals surface area contributed by atoms with Crippen LogP contribution in [0.1, 0.15) is 4.88 Å². The summed E-state index contributed by atoms with van der Waals surface area (Å²) in [5, 5.41) is 2.95. The lowest BCUT2D eigenvalue weighted by Gasteiger charge is -2.02. The Bertz CT molecular complexity index is 1040. The number of hydrogen-bond acceptors (Lipinski definition) is 3. The number of amides is 1. The predicted octanol–water partition coefficient (Wildman–Crippen LogP) is 4.85. The summed E-state index contributed by atoms with van der Waals surface area (Å²) in [5.74, 6) is 2.20. The summed E-state index contributed by atoms with van der Waals surface area (Å²) in [7, 11) is 0. The smallest absolute Gasteiger partial charge is 0.272 e. The van der Waals surface area contributed by atoms with Gasteiger partial charge in [-0.2, -0.15) is 4.99 Å². The maximum absolute atomic E-state index is 12.1. The molecule has 0 aliphatic rings. The van der Waals surface area contributed by atoms with Crippen LogP contribution in [0.5, 0.6) is 0 Å². The first-order valence-electron chi connectivity index (χ1n) is 6.80. The van der Waals surface area contributed by atoms with Crippen LogP contribution in [0.25, 0.3) is 16.3 Å². The number of terminal acetylenes is 1. The Labute approximate surface area is 156 Å². The van der Waals surface area contributed by atoms with Gasteiger partial charge in [-0.15, -0.1) is 17.8 Å². The third kappa shape index (κ3) is 3.63. The number of thiazole rings is 1. The highest BCUT2D eigenvalue weighted by molar-refractivity contribution is 7.16. The number of hydrogen-bond donors (Lipinski definition) is 0. The molecule has 2 aromatic heterocycles. The molecular formula is C17H10Cl2N2OS2. The van der Waals surface area contributed by atoms with Gasteiger partial charge in [0.25, 0.3) is 5.91 Å². The van der Waals surface area contributed by atoms with E-state index in [4.69, 9.17) is 29.6 Å². The van der Waals surface area contributed by atoms with Gasteiger partial charge in [-0.3, -0.25) is 4.79 Å². The lowest BCUT2D eigenvalue weighted by Crippen LogP contribution is -2.16. The quantitative estimate of drug-likeness (QED) is 0.463. The zero-order valence-corrected chi connectivity index (χ0v) is 15.3. The third-order valence-electron chi connectivity index (χ3n) is 3.08. The summed E-state index contributed by atoms with van der Waals surface area (Å²) in [6.07, 6.45) is 8.61. The van der Waals surface area contributed by atoms with E-state index >= 15 is 0 Å². The van der Waals surface area contributed by atoms with E-state index in [9.17, 15) is 4.79 Å². The number of rotatable bonds is 3. The average Bonchev–Trinajstić information content (AvgIpc) is 3.14. The molecule has 0 aliphatic carbocycles. The molecule has 24 heavy (non-hydrogen) atoms. The van der Waals surface area contributed by atoms with Crippen LogP contribution >= 0.6 is 45.9 Å². The second kappa shape index (κ2) is 7.37. The molecule has 3 aromatic rings. The Kier molecular flexibility index (Phi) is 5.22. The molecule has 0 saturated carbocycles. The molecule has 120 valence electrons. The second-order valence-electron chi connectivity index (χ2n) is 4.71. The molecule has 0 bridgehead atoms. The van der Waals surface area contributed by atoms with Crippen LogP contribution in [0.15, 0.2) is 40.7 Å². The van der Waals surface area contributed by atoms with Crippen LogP contribution < -0.4 is 4.80 Å². The van der Waals surface area contributed by atoms with Crippen molar-refractivity contribution in [2.75, 3.05) is 0 Å². The Morgan fingerprint density at radius 2 is 2.25 bits per heavy atom. The summed E-state index contributed by atoms with van der Waals surface area (Å²) in [6, 6.07) is 7.28. The highest BCUT2D eigenvalue weighted by Gasteiger charge is 2.11. The Morgan fingerprint density at radius 1 is 1.42 bits per heavy atom. The van der Waals surface area contributed by atoms with E-state index in [1.165, 1.54) is 17.4 Å². The van der Waals surface area contributed by atoms with Crippen molar-refractivity contribution >= 4 is 68.1 Å². The van der Waals surface area contributed by atoms with Gasteiger partial charge in [0.05, 0.1) is 21.8 Å². The maximum Gasteiger partial charge on any atom is 0.272 e. The number of benzene rings is 1. The van der Waals surface area contributed by atoms with Crippen LogP contribution in [0.4, 0.5) is 0 Å². The largest absolute Gasteiger partial charge is 0.303 e. The Balaban J connectivity index is 2.08. The van der Waals surface area contributed by atoms with E-state index in [0.717, 1.165) is 15.1 Å². The van der Waals surface area contributed by atoms with Gasteiger partial charge < -0.3 is 4.57 Å². The van der Waals surface area contributed by atoms with Crippen molar-refractivity contribution in [2.45, 2.75) is 6.54 Å². The summed E-state index contributed by atoms with van der Waals surface area (Å²) in [4.78, 5) is 17.8. The standard InChI is InChI=1S/C17H10Cl2N2OS2/c1-2-7-21-16-13(19)9-11(18)10-14(16)24-17(21)20-15(22)6-5-12-4-3-8-23-12/h1,3-6,8-10H,7H2. The second-order valence-corrected chi connectivity index (χ2v) is 7.54. The van der Waals surface area contributed by atoms with Gasteiger partial charge in [0.1, 0.15) is 0 Å². The van der Waals surface area contributed by atoms with Crippen molar-refractivity contribution in [2.24, 2.45) is 4.99 Å². The van der Waals surface area contributed by atoms with Crippen molar-refractivity contribution < 1.29 is 4.79 Å². The molecule has 7 heteroatoms. The number of carbonyl (C=O) groups excluding carboxylic acids is 1. The van der Waals surface area contributed by atoms with E-state index in [1.807, 2.05) is 17.5 Å². The molecule has 2 heterocycles. The summed E-state index contributed by atoms with van der Waals surface area (Å²) >= 11 is 15.2. The third-order valence-corrected chi connectivity index (χ3v) is 5.45. The first-order valence-corrected chi connectivity index (χ1v) is 9.26. The van der Waals surface area contributed by atoms with Gasteiger partial charge in [0.15, 0.2) is 4.80 Å². The van der Waals surface area contributed by atoms with Gasteiger partial charge >= 0.3 is 0 Å². The molecule has 0 atom stereocenters. The number of thiophene rings is 1. The SMILES string of the molecule is C#CCn1c(=NC(=O)C=Cc2cccs2)sc2cc(Cl)cc(Cl)c21.